The number of methoxy groups -OCH3 is 1. The van der Waals surface area contributed by atoms with Crippen LogP contribution in [0.3, 0.4) is 0 Å². The lowest BCUT2D eigenvalue weighted by Crippen LogP contribution is -2.47. The number of hydrogen-bond acceptors (Lipinski definition) is 8. The van der Waals surface area contributed by atoms with Crippen molar-refractivity contribution in [2.24, 2.45) is 5.92 Å². The molecular formula is C33H40FN3O5S. The Morgan fingerprint density at radius 1 is 1.16 bits per heavy atom. The molecule has 230 valence electrons. The first kappa shape index (κ1) is 30.0. The first-order chi connectivity index (χ1) is 20.8. The third-order valence-electron chi connectivity index (χ3n) is 9.30. The molecular weight excluding hydrogens is 569 g/mol. The molecule has 10 heteroatoms. The summed E-state index contributed by atoms with van der Waals surface area (Å²) in [6.07, 6.45) is 2.90. The second-order valence-corrected chi connectivity index (χ2v) is 12.7. The highest BCUT2D eigenvalue weighted by atomic mass is 32.1. The number of piperidine rings is 1. The van der Waals surface area contributed by atoms with E-state index in [1.807, 2.05) is 36.6 Å². The van der Waals surface area contributed by atoms with Gasteiger partial charge in [0.25, 0.3) is 0 Å². The summed E-state index contributed by atoms with van der Waals surface area (Å²) in [5, 5.41) is 12.3. The van der Waals surface area contributed by atoms with Crippen molar-refractivity contribution in [1.29, 1.82) is 0 Å². The van der Waals surface area contributed by atoms with Gasteiger partial charge in [0.1, 0.15) is 18.2 Å². The Labute approximate surface area is 256 Å². The quantitative estimate of drug-likeness (QED) is 0.353. The number of benzene rings is 2. The fourth-order valence-corrected chi connectivity index (χ4v) is 7.66. The summed E-state index contributed by atoms with van der Waals surface area (Å²) in [6.45, 7) is 8.55. The number of carboxylic acid groups (broad SMARTS) is 1. The number of para-hydroxylation sites is 1. The Bertz CT molecular complexity index is 1470. The van der Waals surface area contributed by atoms with E-state index in [0.717, 1.165) is 77.8 Å². The van der Waals surface area contributed by atoms with Gasteiger partial charge in [-0.05, 0) is 73.9 Å². The number of aryl methyl sites for hydroxylation is 2. The molecule has 4 heterocycles. The summed E-state index contributed by atoms with van der Waals surface area (Å²) in [6, 6.07) is 8.41. The van der Waals surface area contributed by atoms with Crippen molar-refractivity contribution in [1.82, 2.24) is 9.88 Å². The van der Waals surface area contributed by atoms with E-state index < -0.39 is 18.0 Å². The highest BCUT2D eigenvalue weighted by Gasteiger charge is 2.35. The number of ether oxygens (including phenoxy) is 3. The van der Waals surface area contributed by atoms with E-state index in [0.29, 0.717) is 43.3 Å². The molecule has 43 heavy (non-hydrogen) atoms. The summed E-state index contributed by atoms with van der Waals surface area (Å²) in [5.41, 5.74) is 6.23. The van der Waals surface area contributed by atoms with Crippen LogP contribution in [0.2, 0.25) is 0 Å². The van der Waals surface area contributed by atoms with Crippen LogP contribution in [0.4, 0.5) is 9.52 Å². The maximum atomic E-state index is 15.9. The maximum Gasteiger partial charge on any atom is 0.309 e. The minimum absolute atomic E-state index is 0.136. The van der Waals surface area contributed by atoms with Gasteiger partial charge in [0.2, 0.25) is 0 Å². The Hall–Kier alpha value is -3.05. The van der Waals surface area contributed by atoms with Gasteiger partial charge >= 0.3 is 5.97 Å². The SMILES string of the molecule is CO[C@H]1CN(c2nc(-c3cccc(C)c3OCc3cc(C)c4c(c3F)CCN(C3CCOCC3)C4)cs2)CC[C@H]1C(=O)O. The van der Waals surface area contributed by atoms with Gasteiger partial charge in [0, 0.05) is 69.1 Å². The van der Waals surface area contributed by atoms with E-state index in [-0.39, 0.29) is 12.4 Å². The van der Waals surface area contributed by atoms with Crippen LogP contribution in [0, 0.1) is 25.6 Å². The number of carboxylic acids is 1. The molecule has 2 saturated heterocycles. The Morgan fingerprint density at radius 2 is 1.98 bits per heavy atom. The van der Waals surface area contributed by atoms with Gasteiger partial charge in [-0.2, -0.15) is 0 Å². The lowest BCUT2D eigenvalue weighted by molar-refractivity contribution is -0.147. The number of nitrogens with zero attached hydrogens (tertiary/aromatic N) is 3. The molecule has 3 aliphatic rings. The number of fused-ring (bicyclic) bond motifs is 1. The lowest BCUT2D eigenvalue weighted by Gasteiger charge is -2.38. The van der Waals surface area contributed by atoms with Crippen LogP contribution < -0.4 is 9.64 Å². The van der Waals surface area contributed by atoms with Crippen LogP contribution in [0.5, 0.6) is 5.75 Å². The molecule has 0 spiro atoms. The van der Waals surface area contributed by atoms with E-state index in [1.54, 1.807) is 7.11 Å². The molecule has 1 aromatic heterocycles. The minimum atomic E-state index is -0.824. The molecule has 0 unspecified atom stereocenters. The molecule has 3 aliphatic heterocycles. The summed E-state index contributed by atoms with van der Waals surface area (Å²) in [4.78, 5) is 21.1. The van der Waals surface area contributed by atoms with Crippen molar-refractivity contribution >= 4 is 22.4 Å². The van der Waals surface area contributed by atoms with Gasteiger partial charge in [0.05, 0.1) is 17.7 Å². The molecule has 2 aromatic carbocycles. The normalized spacial score (nSPS) is 21.5. The average molecular weight is 610 g/mol. The van der Waals surface area contributed by atoms with Gasteiger partial charge in [-0.3, -0.25) is 9.69 Å². The molecule has 6 rings (SSSR count). The third kappa shape index (κ3) is 6.16. The standard InChI is InChI=1S/C33H40FN3O5S/c1-20-5-4-6-25(28-19-43-33(35-28)37-12-8-26(32(38)39)29(17-37)40-3)31(20)42-18-22-15-21(2)27-16-36(11-7-24(27)30(22)34)23-9-13-41-14-10-23/h4-6,15,19,23,26,29H,7-14,16-18H2,1-3H3,(H,38,39)/t26-,29+/m1/s1. The van der Waals surface area contributed by atoms with Gasteiger partial charge in [-0.1, -0.05) is 12.1 Å². The van der Waals surface area contributed by atoms with E-state index in [2.05, 4.69) is 16.7 Å². The molecule has 0 radical (unpaired) electrons. The zero-order chi connectivity index (χ0) is 30.1. The number of anilines is 1. The van der Waals surface area contributed by atoms with Crippen LogP contribution >= 0.6 is 11.3 Å². The fourth-order valence-electron chi connectivity index (χ4n) is 6.80. The average Bonchev–Trinajstić information content (AvgIpc) is 3.52. The highest BCUT2D eigenvalue weighted by molar-refractivity contribution is 7.14. The van der Waals surface area contributed by atoms with E-state index in [9.17, 15) is 9.90 Å². The van der Waals surface area contributed by atoms with Crippen molar-refractivity contribution < 1.29 is 28.5 Å². The number of aromatic nitrogens is 1. The summed E-state index contributed by atoms with van der Waals surface area (Å²) in [5.74, 6) is -0.790. The molecule has 2 atom stereocenters. The Kier molecular flexibility index (Phi) is 9.00. The smallest absolute Gasteiger partial charge is 0.309 e. The van der Waals surface area contributed by atoms with Crippen molar-refractivity contribution in [2.75, 3.05) is 44.9 Å². The number of aliphatic carboxylic acids is 1. The van der Waals surface area contributed by atoms with Crippen LogP contribution in [0.1, 0.15) is 47.1 Å². The van der Waals surface area contributed by atoms with Crippen molar-refractivity contribution in [3.05, 3.63) is 63.3 Å². The first-order valence-corrected chi connectivity index (χ1v) is 16.0. The Balaban J connectivity index is 1.19. The van der Waals surface area contributed by atoms with Crippen molar-refractivity contribution in [3.8, 4) is 17.0 Å². The van der Waals surface area contributed by atoms with Crippen LogP contribution in [0.25, 0.3) is 11.3 Å². The number of halogens is 1. The van der Waals surface area contributed by atoms with Crippen LogP contribution in [-0.2, 0) is 33.8 Å². The van der Waals surface area contributed by atoms with Crippen molar-refractivity contribution in [2.45, 2.75) is 64.8 Å². The van der Waals surface area contributed by atoms with Crippen LogP contribution in [-0.4, -0.2) is 73.1 Å². The van der Waals surface area contributed by atoms with E-state index in [1.165, 1.54) is 11.3 Å². The second-order valence-electron chi connectivity index (χ2n) is 11.9. The van der Waals surface area contributed by atoms with Gasteiger partial charge < -0.3 is 24.2 Å². The van der Waals surface area contributed by atoms with E-state index >= 15 is 4.39 Å². The molecule has 0 saturated carbocycles. The third-order valence-corrected chi connectivity index (χ3v) is 10.2. The maximum absolute atomic E-state index is 15.9. The molecule has 0 bridgehead atoms. The van der Waals surface area contributed by atoms with E-state index in [4.69, 9.17) is 19.2 Å². The summed E-state index contributed by atoms with van der Waals surface area (Å²) >= 11 is 1.52. The minimum Gasteiger partial charge on any atom is -0.488 e. The largest absolute Gasteiger partial charge is 0.488 e. The molecule has 3 aromatic rings. The van der Waals surface area contributed by atoms with Crippen LogP contribution in [0.15, 0.2) is 29.6 Å². The topological polar surface area (TPSA) is 84.4 Å². The summed E-state index contributed by atoms with van der Waals surface area (Å²) < 4.78 is 33.3. The predicted molar refractivity (Wildman–Crippen MR) is 164 cm³/mol. The highest BCUT2D eigenvalue weighted by Crippen LogP contribution is 2.38. The second kappa shape index (κ2) is 12.9. The van der Waals surface area contributed by atoms with Gasteiger partial charge in [-0.25, -0.2) is 9.37 Å². The van der Waals surface area contributed by atoms with Gasteiger partial charge in [-0.15, -0.1) is 11.3 Å². The fraction of sp³-hybridized carbons (Fsp3) is 0.515. The zero-order valence-corrected chi connectivity index (χ0v) is 25.9. The Morgan fingerprint density at radius 3 is 2.74 bits per heavy atom. The first-order valence-electron chi connectivity index (χ1n) is 15.1. The van der Waals surface area contributed by atoms with Crippen molar-refractivity contribution in [3.63, 3.8) is 0 Å². The molecule has 8 nitrogen and oxygen atoms in total. The predicted octanol–water partition coefficient (Wildman–Crippen LogP) is 5.61. The number of thiazole rings is 1. The molecule has 0 amide bonds. The number of rotatable bonds is 8. The lowest BCUT2D eigenvalue weighted by atomic mass is 9.90. The monoisotopic (exact) mass is 609 g/mol. The number of hydrogen-bond donors (Lipinski definition) is 1. The molecule has 0 aliphatic carbocycles. The summed E-state index contributed by atoms with van der Waals surface area (Å²) in [7, 11) is 1.56. The van der Waals surface area contributed by atoms with Gasteiger partial charge in [0.15, 0.2) is 5.13 Å². The molecule has 2 fully saturated rings. The number of carbonyl (C=O) groups is 1. The zero-order valence-electron chi connectivity index (χ0n) is 25.1. The molecule has 1 N–H and O–H groups in total.